The zero-order valence-corrected chi connectivity index (χ0v) is 17.4. The lowest BCUT2D eigenvalue weighted by molar-refractivity contribution is -0.192. The van der Waals surface area contributed by atoms with E-state index in [0.717, 1.165) is 17.7 Å². The standard InChI is InChI=1S/C15H22N2O3S2.C2HF3O2/c1-2-7-22(18,19)17-11-15(12-17)8-14(10-21-15)20-9-13-3-5-16-6-4-13;3-2(4,5)1(6)7/h3-6,14H,2,7-12H2,1H3;(H,6,7). The van der Waals surface area contributed by atoms with Crippen molar-refractivity contribution >= 4 is 27.8 Å². The van der Waals surface area contributed by atoms with Crippen LogP contribution < -0.4 is 0 Å². The highest BCUT2D eigenvalue weighted by Crippen LogP contribution is 2.47. The Kier molecular flexibility index (Phi) is 7.93. The molecular formula is C17H23F3N2O5S2. The average molecular weight is 457 g/mol. The second-order valence-electron chi connectivity index (χ2n) is 6.87. The van der Waals surface area contributed by atoms with E-state index in [1.54, 1.807) is 16.7 Å². The van der Waals surface area contributed by atoms with Crippen molar-refractivity contribution in [3.05, 3.63) is 30.1 Å². The maximum absolute atomic E-state index is 12.0. The number of carboxylic acid groups (broad SMARTS) is 1. The quantitative estimate of drug-likeness (QED) is 0.703. The maximum Gasteiger partial charge on any atom is 0.490 e. The lowest BCUT2D eigenvalue weighted by Gasteiger charge is -2.46. The molecule has 1 aromatic heterocycles. The van der Waals surface area contributed by atoms with Gasteiger partial charge >= 0.3 is 12.1 Å². The topological polar surface area (TPSA) is 96.8 Å². The van der Waals surface area contributed by atoms with Gasteiger partial charge in [-0.25, -0.2) is 13.2 Å². The molecule has 3 rings (SSSR count). The third kappa shape index (κ3) is 6.83. The number of hydrogen-bond donors (Lipinski definition) is 1. The van der Waals surface area contributed by atoms with Crippen LogP contribution in [0.2, 0.25) is 0 Å². The molecular weight excluding hydrogens is 433 g/mol. The van der Waals surface area contributed by atoms with Crippen LogP contribution in [-0.4, -0.2) is 70.4 Å². The van der Waals surface area contributed by atoms with Crippen molar-refractivity contribution in [3.63, 3.8) is 0 Å². The van der Waals surface area contributed by atoms with Crippen LogP contribution in [0.1, 0.15) is 25.3 Å². The summed E-state index contributed by atoms with van der Waals surface area (Å²) >= 11 is 1.87. The monoisotopic (exact) mass is 456 g/mol. The van der Waals surface area contributed by atoms with Crippen molar-refractivity contribution in [3.8, 4) is 0 Å². The van der Waals surface area contributed by atoms with Crippen molar-refractivity contribution in [2.75, 3.05) is 24.6 Å². The van der Waals surface area contributed by atoms with E-state index >= 15 is 0 Å². The molecule has 0 bridgehead atoms. The fraction of sp³-hybridized carbons (Fsp3) is 0.647. The van der Waals surface area contributed by atoms with E-state index < -0.39 is 22.2 Å². The second-order valence-corrected chi connectivity index (χ2v) is 10.5. The van der Waals surface area contributed by atoms with Gasteiger partial charge in [0.05, 0.1) is 18.5 Å². The number of pyridine rings is 1. The van der Waals surface area contributed by atoms with Crippen molar-refractivity contribution in [2.45, 2.75) is 43.4 Å². The van der Waals surface area contributed by atoms with E-state index in [-0.39, 0.29) is 16.6 Å². The van der Waals surface area contributed by atoms with Gasteiger partial charge in [0.1, 0.15) is 0 Å². The molecule has 2 aliphatic heterocycles. The largest absolute Gasteiger partial charge is 0.490 e. The molecule has 2 fully saturated rings. The Morgan fingerprint density at radius 3 is 2.48 bits per heavy atom. The summed E-state index contributed by atoms with van der Waals surface area (Å²) in [7, 11) is -3.04. The Labute approximate surface area is 171 Å². The molecule has 0 radical (unpaired) electrons. The molecule has 3 heterocycles. The Morgan fingerprint density at radius 1 is 1.38 bits per heavy atom. The summed E-state index contributed by atoms with van der Waals surface area (Å²) in [6, 6.07) is 3.92. The number of aliphatic carboxylic acids is 1. The lowest BCUT2D eigenvalue weighted by Crippen LogP contribution is -2.61. The molecule has 0 saturated carbocycles. The fourth-order valence-corrected chi connectivity index (χ4v) is 6.38. The van der Waals surface area contributed by atoms with Crippen molar-refractivity contribution in [2.24, 2.45) is 0 Å². The Hall–Kier alpha value is -1.37. The van der Waals surface area contributed by atoms with Gasteiger partial charge in [-0.1, -0.05) is 6.92 Å². The first-order valence-corrected chi connectivity index (χ1v) is 11.5. The highest BCUT2D eigenvalue weighted by atomic mass is 32.2. The highest BCUT2D eigenvalue weighted by Gasteiger charge is 2.52. The highest BCUT2D eigenvalue weighted by molar-refractivity contribution is 8.01. The van der Waals surface area contributed by atoms with Gasteiger partial charge in [-0.3, -0.25) is 4.98 Å². The maximum atomic E-state index is 12.0. The first-order valence-electron chi connectivity index (χ1n) is 8.90. The Bertz CT molecular complexity index is 784. The summed E-state index contributed by atoms with van der Waals surface area (Å²) in [5.41, 5.74) is 1.13. The normalized spacial score (nSPS) is 21.3. The number of carboxylic acids is 1. The number of aromatic nitrogens is 1. The number of nitrogens with zero attached hydrogens (tertiary/aromatic N) is 2. The second kappa shape index (κ2) is 9.63. The van der Waals surface area contributed by atoms with Crippen LogP contribution in [0.5, 0.6) is 0 Å². The summed E-state index contributed by atoms with van der Waals surface area (Å²) in [5.74, 6) is -1.55. The SMILES string of the molecule is CCCS(=O)(=O)N1CC2(CC(OCc3ccncc3)CS2)C1.O=C(O)C(F)(F)F. The molecule has 1 aromatic rings. The molecule has 2 saturated heterocycles. The predicted octanol–water partition coefficient (Wildman–Crippen LogP) is 2.53. The van der Waals surface area contributed by atoms with Crippen molar-refractivity contribution < 1.29 is 36.2 Å². The average Bonchev–Trinajstić information content (AvgIpc) is 3.04. The van der Waals surface area contributed by atoms with Crippen LogP contribution in [0.15, 0.2) is 24.5 Å². The summed E-state index contributed by atoms with van der Waals surface area (Å²) in [4.78, 5) is 12.9. The zero-order chi connectivity index (χ0) is 21.7. The van der Waals surface area contributed by atoms with Gasteiger partial charge in [0, 0.05) is 36.0 Å². The van der Waals surface area contributed by atoms with Crippen molar-refractivity contribution in [1.82, 2.24) is 9.29 Å². The van der Waals surface area contributed by atoms with Crippen molar-refractivity contribution in [1.29, 1.82) is 0 Å². The van der Waals surface area contributed by atoms with Crippen LogP contribution in [0.25, 0.3) is 0 Å². The van der Waals surface area contributed by atoms with Gasteiger partial charge < -0.3 is 9.84 Å². The molecule has 1 atom stereocenters. The lowest BCUT2D eigenvalue weighted by atomic mass is 9.95. The van der Waals surface area contributed by atoms with E-state index in [9.17, 15) is 21.6 Å². The third-order valence-corrected chi connectivity index (χ3v) is 7.98. The summed E-state index contributed by atoms with van der Waals surface area (Å²) in [6.45, 7) is 3.80. The van der Waals surface area contributed by atoms with Crippen LogP contribution in [0, 0.1) is 0 Å². The zero-order valence-electron chi connectivity index (χ0n) is 15.8. The van der Waals surface area contributed by atoms with Crippen LogP contribution >= 0.6 is 11.8 Å². The first kappa shape index (κ1) is 23.9. The molecule has 1 unspecified atom stereocenters. The number of rotatable bonds is 6. The number of alkyl halides is 3. The molecule has 1 N–H and O–H groups in total. The molecule has 1 spiro atoms. The minimum Gasteiger partial charge on any atom is -0.475 e. The van der Waals surface area contributed by atoms with E-state index in [1.807, 2.05) is 30.8 Å². The van der Waals surface area contributed by atoms with Gasteiger partial charge in [-0.2, -0.15) is 17.5 Å². The number of carbonyl (C=O) groups is 1. The molecule has 0 aliphatic carbocycles. The van der Waals surface area contributed by atoms with E-state index in [4.69, 9.17) is 14.6 Å². The molecule has 0 aromatic carbocycles. The van der Waals surface area contributed by atoms with Crippen LogP contribution in [0.4, 0.5) is 13.2 Å². The molecule has 29 heavy (non-hydrogen) atoms. The van der Waals surface area contributed by atoms with E-state index in [0.29, 0.717) is 26.1 Å². The molecule has 2 aliphatic rings. The van der Waals surface area contributed by atoms with Gasteiger partial charge in [-0.05, 0) is 30.5 Å². The first-order chi connectivity index (χ1) is 13.5. The molecule has 12 heteroatoms. The number of halogens is 3. The van der Waals surface area contributed by atoms with Gasteiger partial charge in [0.15, 0.2) is 0 Å². The summed E-state index contributed by atoms with van der Waals surface area (Å²) in [5, 5.41) is 7.12. The summed E-state index contributed by atoms with van der Waals surface area (Å²) in [6.07, 6.45) is 0.296. The predicted molar refractivity (Wildman–Crippen MR) is 102 cm³/mol. The van der Waals surface area contributed by atoms with Crippen LogP contribution in [0.3, 0.4) is 0 Å². The Morgan fingerprint density at radius 2 is 1.97 bits per heavy atom. The van der Waals surface area contributed by atoms with Crippen LogP contribution in [-0.2, 0) is 26.2 Å². The molecule has 0 amide bonds. The number of sulfonamides is 1. The third-order valence-electron chi connectivity index (χ3n) is 4.44. The smallest absolute Gasteiger partial charge is 0.475 e. The minimum absolute atomic E-state index is 0.0870. The Balaban J connectivity index is 0.000000370. The van der Waals surface area contributed by atoms with Gasteiger partial charge in [0.2, 0.25) is 10.0 Å². The molecule has 164 valence electrons. The van der Waals surface area contributed by atoms with E-state index in [1.165, 1.54) is 0 Å². The van der Waals surface area contributed by atoms with Gasteiger partial charge in [-0.15, -0.1) is 11.8 Å². The number of thioether (sulfide) groups is 1. The van der Waals surface area contributed by atoms with E-state index in [2.05, 4.69) is 4.98 Å². The van der Waals surface area contributed by atoms with Gasteiger partial charge in [0.25, 0.3) is 0 Å². The number of ether oxygens (including phenoxy) is 1. The number of hydrogen-bond acceptors (Lipinski definition) is 6. The minimum atomic E-state index is -5.08. The summed E-state index contributed by atoms with van der Waals surface area (Å²) < 4.78 is 63.5. The molecule has 7 nitrogen and oxygen atoms in total. The fourth-order valence-electron chi connectivity index (χ4n) is 3.00.